The predicted octanol–water partition coefficient (Wildman–Crippen LogP) is 0.474. The first-order valence-electron chi connectivity index (χ1n) is 7.77. The zero-order chi connectivity index (χ0) is 17.0. The Kier molecular flexibility index (Phi) is 11.2. The molecule has 1 heterocycles. The first kappa shape index (κ1) is 20.5. The van der Waals surface area contributed by atoms with Gasteiger partial charge in [-0.1, -0.05) is 13.8 Å². The molecule has 0 unspecified atom stereocenters. The Morgan fingerprint density at radius 3 is 1.95 bits per heavy atom. The molecule has 4 N–H and O–H groups in total. The summed E-state index contributed by atoms with van der Waals surface area (Å²) < 4.78 is 5.23. The molecule has 22 heavy (non-hydrogen) atoms. The molecule has 0 spiro atoms. The van der Waals surface area contributed by atoms with E-state index in [1.54, 1.807) is 11.9 Å². The molecule has 0 saturated carbocycles. The second-order valence-corrected chi connectivity index (χ2v) is 5.23. The Labute approximate surface area is 133 Å². The van der Waals surface area contributed by atoms with Gasteiger partial charge in [-0.25, -0.2) is 9.59 Å². The molecule has 0 atom stereocenters. The third kappa shape index (κ3) is 9.41. The average Bonchev–Trinajstić information content (AvgIpc) is 2.48. The highest BCUT2D eigenvalue weighted by Gasteiger charge is 2.15. The van der Waals surface area contributed by atoms with Gasteiger partial charge in [0.2, 0.25) is 0 Å². The number of rotatable bonds is 6. The van der Waals surface area contributed by atoms with Crippen LogP contribution in [0.25, 0.3) is 0 Å². The van der Waals surface area contributed by atoms with E-state index in [0.29, 0.717) is 6.67 Å². The van der Waals surface area contributed by atoms with Crippen molar-refractivity contribution < 1.29 is 14.3 Å². The molecule has 0 aromatic carbocycles. The van der Waals surface area contributed by atoms with E-state index in [1.165, 1.54) is 4.90 Å². The molecule has 0 aliphatic carbocycles. The molecule has 130 valence electrons. The zero-order valence-electron chi connectivity index (χ0n) is 14.1. The normalized spacial score (nSPS) is 14.7. The van der Waals surface area contributed by atoms with Crippen LogP contribution in [0.3, 0.4) is 0 Å². The number of urea groups is 2. The predicted molar refractivity (Wildman–Crippen MR) is 86.3 cm³/mol. The number of hydrogen-bond acceptors (Lipinski definition) is 4. The van der Waals surface area contributed by atoms with Crippen LogP contribution in [0.15, 0.2) is 0 Å². The molecule has 0 radical (unpaired) electrons. The fraction of sp³-hybridized carbons (Fsp3) is 0.857. The summed E-state index contributed by atoms with van der Waals surface area (Å²) >= 11 is 0. The van der Waals surface area contributed by atoms with E-state index < -0.39 is 0 Å². The highest BCUT2D eigenvalue weighted by Crippen LogP contribution is 2.00. The molecule has 8 heteroatoms. The first-order valence-corrected chi connectivity index (χ1v) is 7.77. The molecule has 1 saturated heterocycles. The molecule has 1 aliphatic heterocycles. The fourth-order valence-corrected chi connectivity index (χ4v) is 1.95. The average molecular weight is 317 g/mol. The number of hydrogen-bond donors (Lipinski definition) is 2. The number of nitrogens with zero attached hydrogens (tertiary/aromatic N) is 3. The summed E-state index contributed by atoms with van der Waals surface area (Å²) in [6.45, 7) is 9.40. The van der Waals surface area contributed by atoms with Crippen molar-refractivity contribution in [2.24, 2.45) is 11.5 Å². The van der Waals surface area contributed by atoms with Crippen molar-refractivity contribution in [2.75, 3.05) is 53.1 Å². The lowest BCUT2D eigenvalue weighted by Gasteiger charge is -2.31. The third-order valence-corrected chi connectivity index (χ3v) is 3.21. The lowest BCUT2D eigenvalue weighted by atomic mass is 10.4. The van der Waals surface area contributed by atoms with Crippen LogP contribution in [0.2, 0.25) is 0 Å². The van der Waals surface area contributed by atoms with E-state index in [9.17, 15) is 9.59 Å². The summed E-state index contributed by atoms with van der Waals surface area (Å²) in [5.41, 5.74) is 10.2. The van der Waals surface area contributed by atoms with E-state index in [0.717, 1.165) is 52.2 Å². The minimum Gasteiger partial charge on any atom is -0.379 e. The van der Waals surface area contributed by atoms with Crippen molar-refractivity contribution in [3.8, 4) is 0 Å². The number of carbonyl (C=O) groups is 2. The lowest BCUT2D eigenvalue weighted by molar-refractivity contribution is 0.0176. The zero-order valence-corrected chi connectivity index (χ0v) is 14.1. The van der Waals surface area contributed by atoms with Crippen LogP contribution >= 0.6 is 0 Å². The van der Waals surface area contributed by atoms with E-state index in [2.05, 4.69) is 4.90 Å². The molecule has 0 aromatic rings. The molecule has 8 nitrogen and oxygen atoms in total. The standard InChI is InChI=1S/C9H19N3O2.C5H12N2O/c1-2-3-12(9(10)13)8-11-4-6-14-7-5-11;1-3-4-7(2)5(6)8/h2-8H2,1H3,(H2,10,13);3-4H2,1-2H3,(H2,6,8). The summed E-state index contributed by atoms with van der Waals surface area (Å²) in [5.74, 6) is 0. The van der Waals surface area contributed by atoms with Crippen LogP contribution in [0.4, 0.5) is 9.59 Å². The number of amides is 4. The molecule has 0 aromatic heterocycles. The van der Waals surface area contributed by atoms with E-state index in [-0.39, 0.29) is 12.1 Å². The maximum Gasteiger partial charge on any atom is 0.315 e. The van der Waals surface area contributed by atoms with Crippen LogP contribution in [0, 0.1) is 0 Å². The summed E-state index contributed by atoms with van der Waals surface area (Å²) in [4.78, 5) is 26.6. The van der Waals surface area contributed by atoms with Gasteiger partial charge in [0.1, 0.15) is 0 Å². The molecule has 1 fully saturated rings. The van der Waals surface area contributed by atoms with Crippen molar-refractivity contribution in [3.05, 3.63) is 0 Å². The Morgan fingerprint density at radius 2 is 1.59 bits per heavy atom. The topological polar surface area (TPSA) is 105 Å². The van der Waals surface area contributed by atoms with Gasteiger partial charge in [-0.15, -0.1) is 0 Å². The number of carbonyl (C=O) groups excluding carboxylic acids is 2. The van der Waals surface area contributed by atoms with Crippen LogP contribution in [0.1, 0.15) is 26.7 Å². The van der Waals surface area contributed by atoms with Crippen molar-refractivity contribution in [1.82, 2.24) is 14.7 Å². The van der Waals surface area contributed by atoms with Gasteiger partial charge in [0.25, 0.3) is 0 Å². The number of ether oxygens (including phenoxy) is 1. The highest BCUT2D eigenvalue weighted by atomic mass is 16.5. The number of nitrogens with two attached hydrogens (primary N) is 2. The Balaban J connectivity index is 0.000000472. The maximum atomic E-state index is 11.1. The SMILES string of the molecule is CCCN(C)C(N)=O.CCCN(CN1CCOCC1)C(N)=O. The molecular formula is C14H31N5O3. The number of morpholine rings is 1. The molecule has 1 rings (SSSR count). The van der Waals surface area contributed by atoms with E-state index in [1.807, 2.05) is 13.8 Å². The number of primary amides is 2. The molecule has 1 aliphatic rings. The Morgan fingerprint density at radius 1 is 1.05 bits per heavy atom. The summed E-state index contributed by atoms with van der Waals surface area (Å²) in [6.07, 6.45) is 1.90. The van der Waals surface area contributed by atoms with Gasteiger partial charge in [0.15, 0.2) is 0 Å². The van der Waals surface area contributed by atoms with Crippen molar-refractivity contribution in [1.29, 1.82) is 0 Å². The van der Waals surface area contributed by atoms with Crippen molar-refractivity contribution in [3.63, 3.8) is 0 Å². The Bertz CT molecular complexity index is 322. The third-order valence-electron chi connectivity index (χ3n) is 3.21. The largest absolute Gasteiger partial charge is 0.379 e. The summed E-state index contributed by atoms with van der Waals surface area (Å²) in [5, 5.41) is 0. The van der Waals surface area contributed by atoms with Gasteiger partial charge in [0.05, 0.1) is 19.9 Å². The fourth-order valence-electron chi connectivity index (χ4n) is 1.95. The van der Waals surface area contributed by atoms with Crippen LogP contribution in [-0.2, 0) is 4.74 Å². The van der Waals surface area contributed by atoms with Gasteiger partial charge in [0, 0.05) is 33.2 Å². The van der Waals surface area contributed by atoms with Crippen molar-refractivity contribution in [2.45, 2.75) is 26.7 Å². The minimum absolute atomic E-state index is 0.335. The summed E-state index contributed by atoms with van der Waals surface area (Å²) in [6, 6.07) is -0.690. The quantitative estimate of drug-likeness (QED) is 0.743. The van der Waals surface area contributed by atoms with E-state index in [4.69, 9.17) is 16.2 Å². The van der Waals surface area contributed by atoms with Crippen molar-refractivity contribution >= 4 is 12.1 Å². The molecule has 4 amide bonds. The van der Waals surface area contributed by atoms with Crippen LogP contribution in [-0.4, -0.2) is 79.9 Å². The van der Waals surface area contributed by atoms with Gasteiger partial charge in [-0.3, -0.25) is 4.90 Å². The Hall–Kier alpha value is -1.54. The smallest absolute Gasteiger partial charge is 0.315 e. The monoisotopic (exact) mass is 317 g/mol. The second-order valence-electron chi connectivity index (χ2n) is 5.23. The molecule has 0 bridgehead atoms. The van der Waals surface area contributed by atoms with Gasteiger partial charge < -0.3 is 26.0 Å². The highest BCUT2D eigenvalue weighted by molar-refractivity contribution is 5.72. The second kappa shape index (κ2) is 12.0. The van der Waals surface area contributed by atoms with Gasteiger partial charge >= 0.3 is 12.1 Å². The van der Waals surface area contributed by atoms with Crippen LogP contribution in [0.5, 0.6) is 0 Å². The maximum absolute atomic E-state index is 11.1. The van der Waals surface area contributed by atoms with E-state index >= 15 is 0 Å². The first-order chi connectivity index (χ1) is 10.4. The summed E-state index contributed by atoms with van der Waals surface area (Å²) in [7, 11) is 1.69. The molecular weight excluding hydrogens is 286 g/mol. The lowest BCUT2D eigenvalue weighted by Crippen LogP contribution is -2.48. The van der Waals surface area contributed by atoms with Gasteiger partial charge in [-0.2, -0.15) is 0 Å². The minimum atomic E-state index is -0.355. The van der Waals surface area contributed by atoms with Crippen LogP contribution < -0.4 is 11.5 Å². The van der Waals surface area contributed by atoms with Gasteiger partial charge in [-0.05, 0) is 12.8 Å².